The summed E-state index contributed by atoms with van der Waals surface area (Å²) >= 11 is 0. The van der Waals surface area contributed by atoms with Crippen LogP contribution in [0, 0.1) is 19.8 Å². The number of amides is 1. The minimum Gasteiger partial charge on any atom is -0.455 e. The van der Waals surface area contributed by atoms with Crippen molar-refractivity contribution in [2.45, 2.75) is 40.0 Å². The van der Waals surface area contributed by atoms with Crippen LogP contribution < -0.4 is 0 Å². The molecule has 1 aliphatic heterocycles. The molecular weight excluding hydrogens is 322 g/mol. The first-order valence-corrected chi connectivity index (χ1v) is 8.55. The fourth-order valence-corrected chi connectivity index (χ4v) is 3.10. The lowest BCUT2D eigenvalue weighted by molar-refractivity contribution is -0.152. The van der Waals surface area contributed by atoms with Crippen LogP contribution in [0.15, 0.2) is 6.33 Å². The highest BCUT2D eigenvalue weighted by atomic mass is 16.5. The summed E-state index contributed by atoms with van der Waals surface area (Å²) in [6, 6.07) is 0. The predicted molar refractivity (Wildman–Crippen MR) is 89.9 cm³/mol. The van der Waals surface area contributed by atoms with Crippen LogP contribution in [0.3, 0.4) is 0 Å². The average molecular weight is 345 g/mol. The number of nitrogens with zero attached hydrogens (tertiary/aromatic N) is 5. The van der Waals surface area contributed by atoms with E-state index in [1.165, 1.54) is 6.33 Å². The van der Waals surface area contributed by atoms with E-state index in [1.807, 2.05) is 13.8 Å². The number of carbonyl (C=O) groups excluding carboxylic acids is 2. The number of aromatic nitrogens is 4. The first-order valence-electron chi connectivity index (χ1n) is 8.55. The quantitative estimate of drug-likeness (QED) is 0.771. The molecular formula is C17H23N5O3. The van der Waals surface area contributed by atoms with Gasteiger partial charge in [0.05, 0.1) is 6.42 Å². The summed E-state index contributed by atoms with van der Waals surface area (Å²) in [6.07, 6.45) is 3.49. The molecule has 0 spiro atoms. The van der Waals surface area contributed by atoms with Crippen LogP contribution >= 0.6 is 0 Å². The van der Waals surface area contributed by atoms with Gasteiger partial charge in [-0.15, -0.1) is 0 Å². The number of piperidine rings is 1. The third kappa shape index (κ3) is 3.78. The molecule has 1 saturated heterocycles. The smallest absolute Gasteiger partial charge is 0.310 e. The van der Waals surface area contributed by atoms with Crippen LogP contribution in [0.25, 0.3) is 5.78 Å². The molecule has 8 nitrogen and oxygen atoms in total. The average Bonchev–Trinajstić information content (AvgIpc) is 3.05. The molecule has 0 saturated carbocycles. The number of rotatable bonds is 4. The Hall–Kier alpha value is -2.51. The zero-order valence-electron chi connectivity index (χ0n) is 14.9. The fraction of sp³-hybridized carbons (Fsp3) is 0.588. The number of hydrogen-bond donors (Lipinski definition) is 0. The molecule has 3 heterocycles. The van der Waals surface area contributed by atoms with Gasteiger partial charge in [0, 0.05) is 30.0 Å². The van der Waals surface area contributed by atoms with Crippen LogP contribution in [0.4, 0.5) is 0 Å². The second-order valence-electron chi connectivity index (χ2n) is 6.63. The van der Waals surface area contributed by atoms with Crippen LogP contribution in [-0.4, -0.2) is 56.1 Å². The molecule has 0 radical (unpaired) electrons. The summed E-state index contributed by atoms with van der Waals surface area (Å²) < 4.78 is 6.78. The normalized spacial score (nSPS) is 15.6. The highest BCUT2D eigenvalue weighted by molar-refractivity contribution is 5.81. The fourth-order valence-electron chi connectivity index (χ4n) is 3.10. The lowest BCUT2D eigenvalue weighted by Crippen LogP contribution is -2.40. The first kappa shape index (κ1) is 17.3. The van der Waals surface area contributed by atoms with Crippen molar-refractivity contribution < 1.29 is 14.3 Å². The molecule has 25 heavy (non-hydrogen) atoms. The van der Waals surface area contributed by atoms with Gasteiger partial charge in [0.25, 0.3) is 11.7 Å². The van der Waals surface area contributed by atoms with E-state index in [0.717, 1.165) is 37.2 Å². The van der Waals surface area contributed by atoms with Crippen molar-refractivity contribution in [2.24, 2.45) is 5.92 Å². The van der Waals surface area contributed by atoms with Crippen molar-refractivity contribution in [3.05, 3.63) is 23.3 Å². The number of ether oxygens (including phenoxy) is 1. The van der Waals surface area contributed by atoms with Gasteiger partial charge >= 0.3 is 5.97 Å². The summed E-state index contributed by atoms with van der Waals surface area (Å²) in [7, 11) is 0. The largest absolute Gasteiger partial charge is 0.455 e. The Balaban J connectivity index is 1.58. The third-order valence-electron chi connectivity index (χ3n) is 4.80. The molecule has 8 heteroatoms. The van der Waals surface area contributed by atoms with Crippen molar-refractivity contribution in [2.75, 3.05) is 19.7 Å². The molecule has 1 amide bonds. The Morgan fingerprint density at radius 1 is 1.28 bits per heavy atom. The second-order valence-corrected chi connectivity index (χ2v) is 6.63. The number of aryl methyl sites for hydroxylation is 2. The van der Waals surface area contributed by atoms with Gasteiger partial charge in [-0.3, -0.25) is 9.59 Å². The Bertz CT molecular complexity index is 793. The molecule has 2 aromatic heterocycles. The maximum Gasteiger partial charge on any atom is 0.310 e. The van der Waals surface area contributed by atoms with E-state index >= 15 is 0 Å². The van der Waals surface area contributed by atoms with Crippen LogP contribution in [0.5, 0.6) is 0 Å². The van der Waals surface area contributed by atoms with E-state index in [0.29, 0.717) is 17.4 Å². The van der Waals surface area contributed by atoms with E-state index in [2.05, 4.69) is 22.0 Å². The molecule has 0 N–H and O–H groups in total. The molecule has 134 valence electrons. The molecule has 3 rings (SSSR count). The topological polar surface area (TPSA) is 89.7 Å². The zero-order chi connectivity index (χ0) is 18.0. The lowest BCUT2D eigenvalue weighted by atomic mass is 9.99. The number of likely N-dealkylation sites (tertiary alicyclic amines) is 1. The highest BCUT2D eigenvalue weighted by Crippen LogP contribution is 2.16. The molecule has 0 aliphatic carbocycles. The monoisotopic (exact) mass is 345 g/mol. The van der Waals surface area contributed by atoms with Crippen LogP contribution in [0.1, 0.15) is 36.7 Å². The van der Waals surface area contributed by atoms with Gasteiger partial charge in [0.15, 0.2) is 6.61 Å². The van der Waals surface area contributed by atoms with Gasteiger partial charge in [-0.1, -0.05) is 6.92 Å². The molecule has 0 bridgehead atoms. The highest BCUT2D eigenvalue weighted by Gasteiger charge is 2.22. The third-order valence-corrected chi connectivity index (χ3v) is 4.80. The van der Waals surface area contributed by atoms with E-state index in [9.17, 15) is 9.59 Å². The van der Waals surface area contributed by atoms with E-state index < -0.39 is 5.97 Å². The Morgan fingerprint density at radius 3 is 2.72 bits per heavy atom. The minimum atomic E-state index is -0.439. The number of esters is 1. The first-order chi connectivity index (χ1) is 12.0. The van der Waals surface area contributed by atoms with Gasteiger partial charge in [0.1, 0.15) is 6.33 Å². The zero-order valence-corrected chi connectivity index (χ0v) is 14.9. The molecule has 1 fully saturated rings. The predicted octanol–water partition coefficient (Wildman–Crippen LogP) is 1.09. The van der Waals surface area contributed by atoms with Crippen LogP contribution in [0.2, 0.25) is 0 Å². The maximum absolute atomic E-state index is 12.2. The lowest BCUT2D eigenvalue weighted by Gasteiger charge is -2.30. The molecule has 1 aliphatic rings. The molecule has 2 aromatic rings. The number of fused-ring (bicyclic) bond motifs is 1. The van der Waals surface area contributed by atoms with Crippen molar-refractivity contribution in [1.82, 2.24) is 24.5 Å². The van der Waals surface area contributed by atoms with Gasteiger partial charge < -0.3 is 9.64 Å². The van der Waals surface area contributed by atoms with Gasteiger partial charge in [-0.25, -0.2) is 9.50 Å². The van der Waals surface area contributed by atoms with Crippen LogP contribution in [-0.2, 0) is 20.7 Å². The standard InChI is InChI=1S/C17H23N5O3/c1-11-4-6-21(7-5-11)15(23)9-25-16(24)8-14-12(2)20-17-18-10-19-22(17)13(14)3/h10-11H,4-9H2,1-3H3. The number of carbonyl (C=O) groups is 2. The van der Waals surface area contributed by atoms with Crippen molar-refractivity contribution in [3.63, 3.8) is 0 Å². The summed E-state index contributed by atoms with van der Waals surface area (Å²) in [4.78, 5) is 34.5. The Morgan fingerprint density at radius 2 is 2.00 bits per heavy atom. The molecule has 0 unspecified atom stereocenters. The van der Waals surface area contributed by atoms with E-state index in [1.54, 1.807) is 9.42 Å². The summed E-state index contributed by atoms with van der Waals surface area (Å²) in [5.41, 5.74) is 2.27. The Kier molecular flexibility index (Phi) is 4.96. The van der Waals surface area contributed by atoms with Crippen molar-refractivity contribution >= 4 is 17.7 Å². The van der Waals surface area contributed by atoms with Gasteiger partial charge in [-0.05, 0) is 32.6 Å². The second kappa shape index (κ2) is 7.16. The summed E-state index contributed by atoms with van der Waals surface area (Å²) in [5, 5.41) is 4.10. The minimum absolute atomic E-state index is 0.0603. The number of hydrogen-bond acceptors (Lipinski definition) is 6. The van der Waals surface area contributed by atoms with Gasteiger partial charge in [0.2, 0.25) is 0 Å². The van der Waals surface area contributed by atoms with E-state index in [4.69, 9.17) is 4.74 Å². The SMILES string of the molecule is Cc1nc2ncnn2c(C)c1CC(=O)OCC(=O)N1CCC(C)CC1. The molecule has 0 aromatic carbocycles. The van der Waals surface area contributed by atoms with E-state index in [-0.39, 0.29) is 18.9 Å². The van der Waals surface area contributed by atoms with Crippen molar-refractivity contribution in [3.8, 4) is 0 Å². The molecule has 0 atom stereocenters. The Labute approximate surface area is 146 Å². The van der Waals surface area contributed by atoms with Gasteiger partial charge in [-0.2, -0.15) is 10.1 Å². The summed E-state index contributed by atoms with van der Waals surface area (Å²) in [6.45, 7) is 7.14. The van der Waals surface area contributed by atoms with Crippen molar-refractivity contribution in [1.29, 1.82) is 0 Å². The summed E-state index contributed by atoms with van der Waals surface area (Å²) in [5.74, 6) is 0.586. The maximum atomic E-state index is 12.2.